The summed E-state index contributed by atoms with van der Waals surface area (Å²) in [7, 11) is 1.59. The molecule has 13 heavy (non-hydrogen) atoms. The highest BCUT2D eigenvalue weighted by atomic mass is 16.5. The maximum absolute atomic E-state index is 10.5. The van der Waals surface area contributed by atoms with E-state index in [9.17, 15) is 4.79 Å². The molecule has 0 bridgehead atoms. The Labute approximate surface area is 78.0 Å². The molecule has 78 valence electrons. The highest BCUT2D eigenvalue weighted by Crippen LogP contribution is 1.86. The van der Waals surface area contributed by atoms with E-state index in [-0.39, 0.29) is 6.61 Å². The molecule has 0 aliphatic carbocycles. The minimum Gasteiger partial charge on any atom is -0.480 e. The molecule has 0 saturated carbocycles. The highest BCUT2D eigenvalue weighted by molar-refractivity contribution is 5.73. The summed E-state index contributed by atoms with van der Waals surface area (Å²) < 4.78 is 10.1. The van der Waals surface area contributed by atoms with Crippen molar-refractivity contribution >= 4 is 5.97 Å². The first kappa shape index (κ1) is 12.3. The van der Waals surface area contributed by atoms with Gasteiger partial charge in [0, 0.05) is 6.61 Å². The molecule has 0 aromatic carbocycles. The van der Waals surface area contributed by atoms with Crippen LogP contribution in [-0.2, 0) is 14.3 Å². The second-order valence-corrected chi connectivity index (χ2v) is 2.45. The fourth-order valence-corrected chi connectivity index (χ4v) is 0.741. The molecule has 0 amide bonds. The van der Waals surface area contributed by atoms with Crippen LogP contribution in [0.3, 0.4) is 0 Å². The lowest BCUT2D eigenvalue weighted by molar-refractivity contribution is -0.141. The Kier molecular flexibility index (Phi) is 7.57. The van der Waals surface area contributed by atoms with Crippen LogP contribution in [0.25, 0.3) is 0 Å². The van der Waals surface area contributed by atoms with Crippen LogP contribution in [0.4, 0.5) is 0 Å². The number of carboxylic acids is 1. The standard InChI is InChI=1S/C8H17NO4/c1-3-12-4-5-13-6-7(9-2)8(10)11/h7,9H,3-6H2,1-2H3,(H,10,11). The molecule has 0 aromatic heterocycles. The third-order valence-corrected chi connectivity index (χ3v) is 1.51. The lowest BCUT2D eigenvalue weighted by Gasteiger charge is -2.11. The smallest absolute Gasteiger partial charge is 0.323 e. The van der Waals surface area contributed by atoms with Crippen molar-refractivity contribution in [2.75, 3.05) is 33.5 Å². The molecule has 0 fully saturated rings. The molecular formula is C8H17NO4. The van der Waals surface area contributed by atoms with E-state index in [1.807, 2.05) is 6.92 Å². The molecule has 0 aliphatic heterocycles. The zero-order valence-electron chi connectivity index (χ0n) is 8.08. The molecule has 1 atom stereocenters. The Balaban J connectivity index is 3.33. The monoisotopic (exact) mass is 191 g/mol. The first-order valence-electron chi connectivity index (χ1n) is 4.28. The van der Waals surface area contributed by atoms with Gasteiger partial charge in [-0.3, -0.25) is 4.79 Å². The predicted molar refractivity (Wildman–Crippen MR) is 47.8 cm³/mol. The number of carbonyl (C=O) groups is 1. The van der Waals surface area contributed by atoms with Gasteiger partial charge in [-0.15, -0.1) is 0 Å². The first-order chi connectivity index (χ1) is 6.22. The van der Waals surface area contributed by atoms with Gasteiger partial charge in [0.1, 0.15) is 6.04 Å². The van der Waals surface area contributed by atoms with Gasteiger partial charge in [0.2, 0.25) is 0 Å². The van der Waals surface area contributed by atoms with E-state index in [4.69, 9.17) is 14.6 Å². The number of hydrogen-bond donors (Lipinski definition) is 2. The van der Waals surface area contributed by atoms with Crippen molar-refractivity contribution in [1.82, 2.24) is 5.32 Å². The van der Waals surface area contributed by atoms with E-state index < -0.39 is 12.0 Å². The minimum atomic E-state index is -0.904. The van der Waals surface area contributed by atoms with Gasteiger partial charge in [0.05, 0.1) is 19.8 Å². The minimum absolute atomic E-state index is 0.166. The van der Waals surface area contributed by atoms with Crippen LogP contribution in [0.2, 0.25) is 0 Å². The largest absolute Gasteiger partial charge is 0.480 e. The van der Waals surface area contributed by atoms with Crippen molar-refractivity contribution in [1.29, 1.82) is 0 Å². The van der Waals surface area contributed by atoms with E-state index in [0.717, 1.165) is 0 Å². The second-order valence-electron chi connectivity index (χ2n) is 2.45. The average Bonchev–Trinajstić information content (AvgIpc) is 2.10. The van der Waals surface area contributed by atoms with Crippen molar-refractivity contribution in [3.63, 3.8) is 0 Å². The zero-order valence-corrected chi connectivity index (χ0v) is 8.08. The molecule has 2 N–H and O–H groups in total. The maximum atomic E-state index is 10.5. The summed E-state index contributed by atoms with van der Waals surface area (Å²) in [5.74, 6) is -0.904. The second kappa shape index (κ2) is 7.97. The van der Waals surface area contributed by atoms with Crippen LogP contribution in [0.15, 0.2) is 0 Å². The van der Waals surface area contributed by atoms with E-state index >= 15 is 0 Å². The number of likely N-dealkylation sites (N-methyl/N-ethyl adjacent to an activating group) is 1. The molecule has 0 spiro atoms. The van der Waals surface area contributed by atoms with E-state index in [0.29, 0.717) is 19.8 Å². The van der Waals surface area contributed by atoms with Crippen LogP contribution >= 0.6 is 0 Å². The van der Waals surface area contributed by atoms with Gasteiger partial charge >= 0.3 is 5.97 Å². The Bertz CT molecular complexity index is 140. The van der Waals surface area contributed by atoms with Gasteiger partial charge in [0.15, 0.2) is 0 Å². The van der Waals surface area contributed by atoms with Gasteiger partial charge in [-0.2, -0.15) is 0 Å². The fourth-order valence-electron chi connectivity index (χ4n) is 0.741. The molecule has 1 unspecified atom stereocenters. The van der Waals surface area contributed by atoms with Crippen LogP contribution in [0.5, 0.6) is 0 Å². The third-order valence-electron chi connectivity index (χ3n) is 1.51. The number of aliphatic carboxylic acids is 1. The van der Waals surface area contributed by atoms with Gasteiger partial charge < -0.3 is 19.9 Å². The molecule has 0 aromatic rings. The number of ether oxygens (including phenoxy) is 2. The summed E-state index contributed by atoms with van der Waals surface area (Å²) in [5, 5.41) is 11.2. The van der Waals surface area contributed by atoms with Gasteiger partial charge in [-0.1, -0.05) is 0 Å². The van der Waals surface area contributed by atoms with E-state index in [2.05, 4.69) is 5.32 Å². The van der Waals surface area contributed by atoms with E-state index in [1.165, 1.54) is 0 Å². The van der Waals surface area contributed by atoms with Crippen LogP contribution < -0.4 is 5.32 Å². The van der Waals surface area contributed by atoms with Gasteiger partial charge in [-0.25, -0.2) is 0 Å². The fraction of sp³-hybridized carbons (Fsp3) is 0.875. The summed E-state index contributed by atoms with van der Waals surface area (Å²) in [5.41, 5.74) is 0. The lowest BCUT2D eigenvalue weighted by Crippen LogP contribution is -2.38. The van der Waals surface area contributed by atoms with Crippen molar-refractivity contribution in [2.45, 2.75) is 13.0 Å². The van der Waals surface area contributed by atoms with Gasteiger partial charge in [0.25, 0.3) is 0 Å². The predicted octanol–water partition coefficient (Wildman–Crippen LogP) is -0.288. The Morgan fingerprint density at radius 1 is 1.46 bits per heavy atom. The van der Waals surface area contributed by atoms with Crippen molar-refractivity contribution in [3.8, 4) is 0 Å². The maximum Gasteiger partial charge on any atom is 0.323 e. The summed E-state index contributed by atoms with van der Waals surface area (Å²) in [6.07, 6.45) is 0. The Morgan fingerprint density at radius 2 is 2.08 bits per heavy atom. The normalized spacial score (nSPS) is 12.8. The Morgan fingerprint density at radius 3 is 2.54 bits per heavy atom. The zero-order chi connectivity index (χ0) is 10.1. The Hall–Kier alpha value is -0.650. The number of rotatable bonds is 8. The topological polar surface area (TPSA) is 67.8 Å². The lowest BCUT2D eigenvalue weighted by atomic mass is 10.3. The number of nitrogens with one attached hydrogen (secondary N) is 1. The average molecular weight is 191 g/mol. The summed E-state index contributed by atoms with van der Waals surface area (Å²) in [6.45, 7) is 3.65. The quantitative estimate of drug-likeness (QED) is 0.516. The van der Waals surface area contributed by atoms with Crippen LogP contribution in [0, 0.1) is 0 Å². The molecule has 0 aliphatic rings. The van der Waals surface area contributed by atoms with E-state index in [1.54, 1.807) is 7.05 Å². The van der Waals surface area contributed by atoms with Crippen LogP contribution in [0.1, 0.15) is 6.92 Å². The SMILES string of the molecule is CCOCCOCC(NC)C(=O)O. The molecular weight excluding hydrogens is 174 g/mol. The summed E-state index contributed by atoms with van der Waals surface area (Å²) >= 11 is 0. The molecule has 0 radical (unpaired) electrons. The number of hydrogen-bond acceptors (Lipinski definition) is 4. The van der Waals surface area contributed by atoms with Crippen LogP contribution in [-0.4, -0.2) is 50.6 Å². The molecule has 0 heterocycles. The number of carboxylic acid groups (broad SMARTS) is 1. The molecule has 5 nitrogen and oxygen atoms in total. The molecule has 5 heteroatoms. The summed E-state index contributed by atoms with van der Waals surface area (Å²) in [4.78, 5) is 10.5. The third kappa shape index (κ3) is 6.51. The molecule has 0 saturated heterocycles. The van der Waals surface area contributed by atoms with Crippen molar-refractivity contribution in [2.24, 2.45) is 0 Å². The first-order valence-corrected chi connectivity index (χ1v) is 4.28. The van der Waals surface area contributed by atoms with Crippen molar-refractivity contribution < 1.29 is 19.4 Å². The van der Waals surface area contributed by atoms with Crippen molar-refractivity contribution in [3.05, 3.63) is 0 Å². The molecule has 0 rings (SSSR count). The highest BCUT2D eigenvalue weighted by Gasteiger charge is 2.13. The van der Waals surface area contributed by atoms with Gasteiger partial charge in [-0.05, 0) is 14.0 Å². The summed E-state index contributed by atoms with van der Waals surface area (Å²) in [6, 6.07) is -0.637.